The highest BCUT2D eigenvalue weighted by molar-refractivity contribution is 5.95. The summed E-state index contributed by atoms with van der Waals surface area (Å²) < 4.78 is 10.4. The highest BCUT2D eigenvalue weighted by Crippen LogP contribution is 2.28. The average molecular weight is 300 g/mol. The lowest BCUT2D eigenvalue weighted by Crippen LogP contribution is -2.41. The fraction of sp³-hybridized carbons (Fsp3) is 0.294. The van der Waals surface area contributed by atoms with Crippen LogP contribution >= 0.6 is 0 Å². The summed E-state index contributed by atoms with van der Waals surface area (Å²) >= 11 is 0. The summed E-state index contributed by atoms with van der Waals surface area (Å²) in [4.78, 5) is 16.6. The molecule has 1 aromatic carbocycles. The number of methoxy groups -OCH3 is 2. The Morgan fingerprint density at radius 1 is 1.14 bits per heavy atom. The number of hydrogen-bond donors (Lipinski definition) is 1. The molecule has 0 saturated heterocycles. The first-order valence-corrected chi connectivity index (χ1v) is 6.93. The van der Waals surface area contributed by atoms with Crippen molar-refractivity contribution in [2.24, 2.45) is 0 Å². The number of rotatable bonds is 5. The van der Waals surface area contributed by atoms with Crippen LogP contribution in [0.1, 0.15) is 29.8 Å². The van der Waals surface area contributed by atoms with Crippen LogP contribution in [0, 0.1) is 0 Å². The molecule has 5 heteroatoms. The number of aromatic nitrogens is 1. The molecule has 0 aliphatic heterocycles. The summed E-state index contributed by atoms with van der Waals surface area (Å²) in [5, 5.41) is 3.00. The standard InChI is InChI=1S/C17H20N2O3/c1-17(2,13-6-5-9-18-11-13)19-16(20)12-7-8-14(21-3)15(10-12)22-4/h5-11H,1-4H3,(H,19,20). The molecule has 0 atom stereocenters. The topological polar surface area (TPSA) is 60.5 Å². The van der Waals surface area contributed by atoms with Crippen LogP contribution in [-0.2, 0) is 5.54 Å². The van der Waals surface area contributed by atoms with Crippen LogP contribution in [0.25, 0.3) is 0 Å². The lowest BCUT2D eigenvalue weighted by atomic mass is 9.95. The van der Waals surface area contributed by atoms with Crippen molar-refractivity contribution in [2.45, 2.75) is 19.4 Å². The van der Waals surface area contributed by atoms with Crippen LogP contribution < -0.4 is 14.8 Å². The number of hydrogen-bond acceptors (Lipinski definition) is 4. The van der Waals surface area contributed by atoms with Gasteiger partial charge in [-0.3, -0.25) is 9.78 Å². The minimum atomic E-state index is -0.529. The van der Waals surface area contributed by atoms with E-state index in [0.29, 0.717) is 17.1 Å². The molecule has 5 nitrogen and oxygen atoms in total. The lowest BCUT2D eigenvalue weighted by molar-refractivity contribution is 0.0911. The van der Waals surface area contributed by atoms with E-state index >= 15 is 0 Å². The van der Waals surface area contributed by atoms with E-state index in [1.165, 1.54) is 0 Å². The molecule has 1 heterocycles. The van der Waals surface area contributed by atoms with Crippen LogP contribution in [0.3, 0.4) is 0 Å². The number of pyridine rings is 1. The summed E-state index contributed by atoms with van der Waals surface area (Å²) in [7, 11) is 3.10. The van der Waals surface area contributed by atoms with Gasteiger partial charge in [-0.1, -0.05) is 6.07 Å². The first kappa shape index (κ1) is 15.8. The highest BCUT2D eigenvalue weighted by Gasteiger charge is 2.24. The number of nitrogens with zero attached hydrogens (tertiary/aromatic N) is 1. The van der Waals surface area contributed by atoms with Gasteiger partial charge < -0.3 is 14.8 Å². The van der Waals surface area contributed by atoms with Crippen molar-refractivity contribution in [2.75, 3.05) is 14.2 Å². The number of carbonyl (C=O) groups excluding carboxylic acids is 1. The molecule has 2 rings (SSSR count). The third-order valence-corrected chi connectivity index (χ3v) is 3.45. The molecular weight excluding hydrogens is 280 g/mol. The zero-order valence-corrected chi connectivity index (χ0v) is 13.2. The van der Waals surface area contributed by atoms with Crippen molar-refractivity contribution in [3.63, 3.8) is 0 Å². The Morgan fingerprint density at radius 2 is 1.86 bits per heavy atom. The summed E-state index contributed by atoms with van der Waals surface area (Å²) in [6.07, 6.45) is 3.45. The largest absolute Gasteiger partial charge is 0.493 e. The molecular formula is C17H20N2O3. The third-order valence-electron chi connectivity index (χ3n) is 3.45. The van der Waals surface area contributed by atoms with Gasteiger partial charge in [-0.25, -0.2) is 0 Å². The van der Waals surface area contributed by atoms with Gasteiger partial charge in [-0.05, 0) is 43.7 Å². The van der Waals surface area contributed by atoms with E-state index in [-0.39, 0.29) is 5.91 Å². The van der Waals surface area contributed by atoms with E-state index in [0.717, 1.165) is 5.56 Å². The van der Waals surface area contributed by atoms with Crippen molar-refractivity contribution < 1.29 is 14.3 Å². The molecule has 0 bridgehead atoms. The monoisotopic (exact) mass is 300 g/mol. The third kappa shape index (κ3) is 3.36. The van der Waals surface area contributed by atoms with Crippen molar-refractivity contribution >= 4 is 5.91 Å². The maximum atomic E-state index is 12.5. The molecule has 0 fully saturated rings. The van der Waals surface area contributed by atoms with E-state index in [4.69, 9.17) is 9.47 Å². The van der Waals surface area contributed by atoms with E-state index in [9.17, 15) is 4.79 Å². The number of nitrogens with one attached hydrogen (secondary N) is 1. The summed E-state index contributed by atoms with van der Waals surface area (Å²) in [5.41, 5.74) is 0.914. The molecule has 2 aromatic rings. The van der Waals surface area contributed by atoms with Crippen LogP contribution in [-0.4, -0.2) is 25.1 Å². The van der Waals surface area contributed by atoms with Crippen molar-refractivity contribution in [3.8, 4) is 11.5 Å². The molecule has 1 aromatic heterocycles. The van der Waals surface area contributed by atoms with Gasteiger partial charge in [0.1, 0.15) is 0 Å². The van der Waals surface area contributed by atoms with E-state index < -0.39 is 5.54 Å². The highest BCUT2D eigenvalue weighted by atomic mass is 16.5. The average Bonchev–Trinajstić information content (AvgIpc) is 2.54. The number of benzene rings is 1. The quantitative estimate of drug-likeness (QED) is 0.922. The molecule has 0 unspecified atom stereocenters. The van der Waals surface area contributed by atoms with E-state index in [2.05, 4.69) is 10.3 Å². The Balaban J connectivity index is 2.22. The van der Waals surface area contributed by atoms with Gasteiger partial charge in [0.05, 0.1) is 19.8 Å². The lowest BCUT2D eigenvalue weighted by Gasteiger charge is -2.26. The SMILES string of the molecule is COc1ccc(C(=O)NC(C)(C)c2cccnc2)cc1OC. The Morgan fingerprint density at radius 3 is 2.45 bits per heavy atom. The molecule has 1 N–H and O–H groups in total. The second kappa shape index (κ2) is 6.47. The Kier molecular flexibility index (Phi) is 4.65. The Labute approximate surface area is 130 Å². The van der Waals surface area contributed by atoms with Crippen LogP contribution in [0.2, 0.25) is 0 Å². The molecule has 0 saturated carbocycles. The molecule has 1 amide bonds. The first-order valence-electron chi connectivity index (χ1n) is 6.93. The van der Waals surface area contributed by atoms with Crippen LogP contribution in [0.15, 0.2) is 42.7 Å². The van der Waals surface area contributed by atoms with Gasteiger partial charge in [0.15, 0.2) is 11.5 Å². The predicted molar refractivity (Wildman–Crippen MR) is 84.3 cm³/mol. The molecule has 0 spiro atoms. The summed E-state index contributed by atoms with van der Waals surface area (Å²) in [5.74, 6) is 0.926. The number of carbonyl (C=O) groups is 1. The van der Waals surface area contributed by atoms with Crippen molar-refractivity contribution in [3.05, 3.63) is 53.9 Å². The smallest absolute Gasteiger partial charge is 0.252 e. The maximum absolute atomic E-state index is 12.5. The molecule has 0 radical (unpaired) electrons. The van der Waals surface area contributed by atoms with E-state index in [1.54, 1.807) is 44.8 Å². The normalized spacial score (nSPS) is 10.9. The fourth-order valence-electron chi connectivity index (χ4n) is 2.14. The van der Waals surface area contributed by atoms with Gasteiger partial charge in [0.2, 0.25) is 0 Å². The minimum Gasteiger partial charge on any atom is -0.493 e. The molecule has 0 aliphatic carbocycles. The zero-order valence-electron chi connectivity index (χ0n) is 13.2. The second-order valence-electron chi connectivity index (χ2n) is 5.39. The fourth-order valence-corrected chi connectivity index (χ4v) is 2.14. The summed E-state index contributed by atoms with van der Waals surface area (Å²) in [6.45, 7) is 3.87. The zero-order chi connectivity index (χ0) is 16.2. The van der Waals surface area contributed by atoms with Crippen molar-refractivity contribution in [1.29, 1.82) is 0 Å². The molecule has 0 aliphatic rings. The summed E-state index contributed by atoms with van der Waals surface area (Å²) in [6, 6.07) is 8.86. The first-order chi connectivity index (χ1) is 10.5. The number of ether oxygens (including phenoxy) is 2. The van der Waals surface area contributed by atoms with Crippen LogP contribution in [0.4, 0.5) is 0 Å². The van der Waals surface area contributed by atoms with Gasteiger partial charge >= 0.3 is 0 Å². The Bertz CT molecular complexity index is 654. The van der Waals surface area contributed by atoms with E-state index in [1.807, 2.05) is 26.0 Å². The number of amides is 1. The molecule has 22 heavy (non-hydrogen) atoms. The van der Waals surface area contributed by atoms with Gasteiger partial charge in [0.25, 0.3) is 5.91 Å². The van der Waals surface area contributed by atoms with Gasteiger partial charge in [-0.2, -0.15) is 0 Å². The van der Waals surface area contributed by atoms with Crippen LogP contribution in [0.5, 0.6) is 11.5 Å². The second-order valence-corrected chi connectivity index (χ2v) is 5.39. The Hall–Kier alpha value is -2.56. The van der Waals surface area contributed by atoms with Gasteiger partial charge in [-0.15, -0.1) is 0 Å². The van der Waals surface area contributed by atoms with Crippen molar-refractivity contribution in [1.82, 2.24) is 10.3 Å². The van der Waals surface area contributed by atoms with Gasteiger partial charge in [0, 0.05) is 18.0 Å². The maximum Gasteiger partial charge on any atom is 0.252 e. The minimum absolute atomic E-state index is 0.185. The molecule has 116 valence electrons. The predicted octanol–water partition coefficient (Wildman–Crippen LogP) is 2.76.